The van der Waals surface area contributed by atoms with E-state index in [1.807, 2.05) is 19.1 Å². The lowest BCUT2D eigenvalue weighted by atomic mass is 10.3. The molecule has 0 aromatic rings. The van der Waals surface area contributed by atoms with Crippen LogP contribution in [0.5, 0.6) is 0 Å². The molecule has 52 valence electrons. The number of nitrogens with zero attached hydrogens (tertiary/aromatic N) is 1. The largest absolute Gasteiger partial charge is 0.198 e. The van der Waals surface area contributed by atoms with Crippen molar-refractivity contribution in [3.05, 3.63) is 24.3 Å². The van der Waals surface area contributed by atoms with Gasteiger partial charge in [-0.25, -0.2) is 0 Å². The summed E-state index contributed by atoms with van der Waals surface area (Å²) in [5.41, 5.74) is 0.986. The van der Waals surface area contributed by atoms with E-state index < -0.39 is 0 Å². The molecular formula is C9H11N. The van der Waals surface area contributed by atoms with E-state index in [4.69, 9.17) is 5.26 Å². The zero-order valence-electron chi connectivity index (χ0n) is 6.17. The maximum Gasteiger partial charge on any atom is 0.0663 e. The second-order valence-electron chi connectivity index (χ2n) is 1.61. The van der Waals surface area contributed by atoms with Crippen molar-refractivity contribution in [3.63, 3.8) is 0 Å². The Morgan fingerprint density at radius 3 is 2.50 bits per heavy atom. The van der Waals surface area contributed by atoms with Gasteiger partial charge in [0.15, 0.2) is 0 Å². The van der Waals surface area contributed by atoms with E-state index in [1.54, 1.807) is 6.08 Å². The summed E-state index contributed by atoms with van der Waals surface area (Å²) in [7, 11) is 0. The minimum absolute atomic E-state index is 0.479. The number of hydrogen-bond donors (Lipinski definition) is 0. The zero-order chi connectivity index (χ0) is 8.41. The maximum atomic E-state index is 8.05. The van der Waals surface area contributed by atoms with Crippen molar-refractivity contribution in [2.24, 2.45) is 0 Å². The van der Waals surface area contributed by atoms with E-state index in [-0.39, 0.29) is 0 Å². The van der Waals surface area contributed by atoms with Gasteiger partial charge in [0.2, 0.25) is 0 Å². The Kier molecular flexibility index (Phi) is 11.9. The molecule has 0 fully saturated rings. The highest BCUT2D eigenvalue weighted by Crippen LogP contribution is 1.89. The minimum Gasteiger partial charge on any atom is -0.198 e. The molecular weight excluding hydrogens is 122 g/mol. The molecule has 0 saturated heterocycles. The Morgan fingerprint density at radius 1 is 1.70 bits per heavy atom. The quantitative estimate of drug-likeness (QED) is 0.418. The molecule has 0 aromatic carbocycles. The third kappa shape index (κ3) is 16.0. The highest BCUT2D eigenvalue weighted by atomic mass is 14.2. The summed E-state index contributed by atoms with van der Waals surface area (Å²) in [4.78, 5) is 0. The van der Waals surface area contributed by atoms with Gasteiger partial charge in [-0.05, 0) is 6.92 Å². The summed E-state index contributed by atoms with van der Waals surface area (Å²) in [6, 6.07) is 2.00. The number of terminal acetylenes is 1. The molecule has 1 heteroatoms. The first-order valence-corrected chi connectivity index (χ1v) is 2.79. The summed E-state index contributed by atoms with van der Waals surface area (Å²) >= 11 is 0. The van der Waals surface area contributed by atoms with Crippen LogP contribution in [0, 0.1) is 24.2 Å². The van der Waals surface area contributed by atoms with Crippen molar-refractivity contribution < 1.29 is 0 Å². The molecule has 0 N–H and O–H groups in total. The average Bonchev–Trinajstić information content (AvgIpc) is 1.92. The van der Waals surface area contributed by atoms with Crippen molar-refractivity contribution >= 4 is 0 Å². The Bertz CT molecular complexity index is 167. The van der Waals surface area contributed by atoms with Crippen LogP contribution in [0.2, 0.25) is 0 Å². The predicted octanol–water partition coefficient (Wildman–Crippen LogP) is 2.28. The van der Waals surface area contributed by atoms with Gasteiger partial charge in [-0.15, -0.1) is 12.8 Å². The highest BCUT2D eigenvalue weighted by Gasteiger charge is 1.71. The SMILES string of the molecule is C#C.C=C(C)/C=C\CC#N. The third-order valence-corrected chi connectivity index (χ3v) is 0.612. The molecule has 0 aliphatic carbocycles. The van der Waals surface area contributed by atoms with E-state index in [0.29, 0.717) is 6.42 Å². The average molecular weight is 133 g/mol. The molecule has 0 atom stereocenters. The van der Waals surface area contributed by atoms with Gasteiger partial charge in [0.1, 0.15) is 0 Å². The van der Waals surface area contributed by atoms with Crippen molar-refractivity contribution in [1.82, 2.24) is 0 Å². The molecule has 1 nitrogen and oxygen atoms in total. The number of nitriles is 1. The second-order valence-corrected chi connectivity index (χ2v) is 1.61. The molecule has 0 aliphatic heterocycles. The van der Waals surface area contributed by atoms with Gasteiger partial charge >= 0.3 is 0 Å². The van der Waals surface area contributed by atoms with Gasteiger partial charge in [0.25, 0.3) is 0 Å². The maximum absolute atomic E-state index is 8.05. The van der Waals surface area contributed by atoms with Gasteiger partial charge < -0.3 is 0 Å². The van der Waals surface area contributed by atoms with Crippen LogP contribution in [-0.2, 0) is 0 Å². The van der Waals surface area contributed by atoms with Gasteiger partial charge in [-0.1, -0.05) is 24.3 Å². The fourth-order valence-corrected chi connectivity index (χ4v) is 0.313. The van der Waals surface area contributed by atoms with Crippen LogP contribution in [0.25, 0.3) is 0 Å². The van der Waals surface area contributed by atoms with Gasteiger partial charge in [-0.2, -0.15) is 5.26 Å². The minimum atomic E-state index is 0.479. The monoisotopic (exact) mass is 133 g/mol. The van der Waals surface area contributed by atoms with Crippen molar-refractivity contribution in [2.45, 2.75) is 13.3 Å². The van der Waals surface area contributed by atoms with Gasteiger partial charge in [0.05, 0.1) is 12.5 Å². The summed E-state index contributed by atoms with van der Waals surface area (Å²) < 4.78 is 0. The van der Waals surface area contributed by atoms with Crippen LogP contribution < -0.4 is 0 Å². The molecule has 0 rings (SSSR count). The van der Waals surface area contributed by atoms with E-state index in [2.05, 4.69) is 19.4 Å². The number of allylic oxidation sites excluding steroid dienone is 3. The first-order valence-electron chi connectivity index (χ1n) is 2.79. The fourth-order valence-electron chi connectivity index (χ4n) is 0.313. The summed E-state index contributed by atoms with van der Waals surface area (Å²) in [6.07, 6.45) is 12.1. The first kappa shape index (κ1) is 11.3. The zero-order valence-corrected chi connectivity index (χ0v) is 6.17. The lowest BCUT2D eigenvalue weighted by molar-refractivity contribution is 1.34. The summed E-state index contributed by atoms with van der Waals surface area (Å²) in [5, 5.41) is 8.05. The normalized spacial score (nSPS) is 7.40. The Hall–Kier alpha value is -1.47. The van der Waals surface area contributed by atoms with E-state index in [0.717, 1.165) is 5.57 Å². The molecule has 0 bridgehead atoms. The van der Waals surface area contributed by atoms with Crippen LogP contribution in [0.4, 0.5) is 0 Å². The van der Waals surface area contributed by atoms with Crippen LogP contribution in [-0.4, -0.2) is 0 Å². The van der Waals surface area contributed by atoms with E-state index in [9.17, 15) is 0 Å². The summed E-state index contributed by atoms with van der Waals surface area (Å²) in [5.74, 6) is 0. The fraction of sp³-hybridized carbons (Fsp3) is 0.222. The van der Waals surface area contributed by atoms with Gasteiger partial charge in [0, 0.05) is 0 Å². The topological polar surface area (TPSA) is 23.8 Å². The summed E-state index contributed by atoms with van der Waals surface area (Å²) in [6.45, 7) is 5.53. The third-order valence-electron chi connectivity index (χ3n) is 0.612. The molecule has 0 aromatic heterocycles. The van der Waals surface area contributed by atoms with Crippen LogP contribution >= 0.6 is 0 Å². The molecule has 0 aliphatic rings. The Balaban J connectivity index is 0. The van der Waals surface area contributed by atoms with Crippen LogP contribution in [0.15, 0.2) is 24.3 Å². The molecule has 0 spiro atoms. The van der Waals surface area contributed by atoms with Crippen molar-refractivity contribution in [3.8, 4) is 18.9 Å². The predicted molar refractivity (Wildman–Crippen MR) is 44.1 cm³/mol. The molecule has 0 amide bonds. The second kappa shape index (κ2) is 10.5. The van der Waals surface area contributed by atoms with Crippen LogP contribution in [0.3, 0.4) is 0 Å². The Labute approximate surface area is 62.7 Å². The van der Waals surface area contributed by atoms with E-state index in [1.165, 1.54) is 0 Å². The molecule has 0 saturated carbocycles. The molecule has 10 heavy (non-hydrogen) atoms. The lowest BCUT2D eigenvalue weighted by Gasteiger charge is -1.78. The molecule has 0 radical (unpaired) electrons. The smallest absolute Gasteiger partial charge is 0.0663 e. The number of rotatable bonds is 2. The van der Waals surface area contributed by atoms with Crippen molar-refractivity contribution in [1.29, 1.82) is 5.26 Å². The standard InChI is InChI=1S/C7H9N.C2H2/c1-7(2)5-3-4-6-8;1-2/h3,5H,1,4H2,2H3;1-2H/b5-3-;. The lowest BCUT2D eigenvalue weighted by Crippen LogP contribution is -1.60. The Morgan fingerprint density at radius 2 is 2.20 bits per heavy atom. The first-order chi connectivity index (χ1) is 4.77. The highest BCUT2D eigenvalue weighted by molar-refractivity contribution is 5.12. The van der Waals surface area contributed by atoms with Gasteiger partial charge in [-0.3, -0.25) is 0 Å². The number of hydrogen-bond acceptors (Lipinski definition) is 1. The molecule has 0 heterocycles. The van der Waals surface area contributed by atoms with E-state index >= 15 is 0 Å². The van der Waals surface area contributed by atoms with Crippen LogP contribution in [0.1, 0.15) is 13.3 Å². The van der Waals surface area contributed by atoms with Crippen molar-refractivity contribution in [2.75, 3.05) is 0 Å². The molecule has 0 unspecified atom stereocenters.